The second-order valence-electron chi connectivity index (χ2n) is 4.53. The molecule has 0 aromatic rings. The van der Waals surface area contributed by atoms with Crippen LogP contribution in [0.15, 0.2) is 0 Å². The molecular weight excluding hydrogens is 204 g/mol. The van der Waals surface area contributed by atoms with E-state index >= 15 is 0 Å². The molecule has 0 amide bonds. The van der Waals surface area contributed by atoms with Crippen LogP contribution in [0.5, 0.6) is 0 Å². The molecule has 0 N–H and O–H groups in total. The Labute approximate surface area is 95.7 Å². The van der Waals surface area contributed by atoms with Gasteiger partial charge in [0.15, 0.2) is 0 Å². The normalized spacial score (nSPS) is 25.7. The molecule has 1 fully saturated rings. The Balaban J connectivity index is 2.48. The second kappa shape index (κ2) is 6.33. The highest BCUT2D eigenvalue weighted by Crippen LogP contribution is 2.27. The molecule has 0 aromatic heterocycles. The Morgan fingerprint density at radius 2 is 2.19 bits per heavy atom. The van der Waals surface area contributed by atoms with Gasteiger partial charge in [0.2, 0.25) is 5.78 Å². The molecule has 1 aliphatic rings. The summed E-state index contributed by atoms with van der Waals surface area (Å²) in [5.74, 6) is 0.237. The van der Waals surface area contributed by atoms with E-state index in [-0.39, 0.29) is 17.6 Å². The summed E-state index contributed by atoms with van der Waals surface area (Å²) >= 11 is 0. The van der Waals surface area contributed by atoms with Gasteiger partial charge in [-0.15, -0.1) is 0 Å². The summed E-state index contributed by atoms with van der Waals surface area (Å²) in [6.07, 6.45) is 5.85. The molecule has 0 saturated heterocycles. The van der Waals surface area contributed by atoms with Crippen LogP contribution in [0.4, 0.5) is 0 Å². The molecule has 4 nitrogen and oxygen atoms in total. The van der Waals surface area contributed by atoms with Gasteiger partial charge < -0.3 is 5.53 Å². The van der Waals surface area contributed by atoms with E-state index in [4.69, 9.17) is 5.53 Å². The van der Waals surface area contributed by atoms with Gasteiger partial charge in [0, 0.05) is 18.3 Å². The smallest absolute Gasteiger partial charge is 0.323 e. The summed E-state index contributed by atoms with van der Waals surface area (Å²) in [6.45, 7) is 1.97. The minimum Gasteiger partial charge on any atom is -0.361 e. The van der Waals surface area contributed by atoms with E-state index in [1.165, 1.54) is 0 Å². The van der Waals surface area contributed by atoms with E-state index in [0.29, 0.717) is 18.6 Å². The second-order valence-corrected chi connectivity index (χ2v) is 4.53. The molecule has 0 aliphatic heterocycles. The first-order valence-electron chi connectivity index (χ1n) is 5.89. The number of nitrogens with zero attached hydrogens (tertiary/aromatic N) is 2. The quantitative estimate of drug-likeness (QED) is 0.316. The fourth-order valence-electron chi connectivity index (χ4n) is 2.26. The van der Waals surface area contributed by atoms with Crippen LogP contribution >= 0.6 is 0 Å². The molecule has 1 saturated carbocycles. The molecule has 1 aliphatic carbocycles. The van der Waals surface area contributed by atoms with Gasteiger partial charge in [-0.05, 0) is 19.3 Å². The van der Waals surface area contributed by atoms with Crippen molar-refractivity contribution in [3.63, 3.8) is 0 Å². The van der Waals surface area contributed by atoms with Crippen LogP contribution in [0.25, 0.3) is 5.53 Å². The lowest BCUT2D eigenvalue weighted by Gasteiger charge is -2.14. The number of hydrogen-bond acceptors (Lipinski definition) is 2. The molecule has 16 heavy (non-hydrogen) atoms. The predicted octanol–water partition coefficient (Wildman–Crippen LogP) is 2.03. The predicted molar refractivity (Wildman–Crippen MR) is 60.1 cm³/mol. The Kier molecular flexibility index (Phi) is 5.06. The van der Waals surface area contributed by atoms with Crippen LogP contribution in [0.2, 0.25) is 0 Å². The van der Waals surface area contributed by atoms with Gasteiger partial charge in [-0.25, -0.2) is 0 Å². The highest BCUT2D eigenvalue weighted by atomic mass is 16.1. The molecule has 2 atom stereocenters. The van der Waals surface area contributed by atoms with E-state index in [1.807, 2.05) is 6.92 Å². The molecule has 0 heterocycles. The van der Waals surface area contributed by atoms with Gasteiger partial charge in [0.1, 0.15) is 5.78 Å². The Hall–Kier alpha value is -1.28. The summed E-state index contributed by atoms with van der Waals surface area (Å²) in [6, 6.07) is 0. The van der Waals surface area contributed by atoms with Crippen molar-refractivity contribution in [2.75, 3.05) is 0 Å². The molecule has 0 bridgehead atoms. The lowest BCUT2D eigenvalue weighted by molar-refractivity contribution is -0.126. The summed E-state index contributed by atoms with van der Waals surface area (Å²) in [7, 11) is 0. The number of carbonyl (C=O) groups is 2. The SMILES string of the molecule is CC1CCCCC(CCC(=O)C=[N+]=[N-])C1=O. The third kappa shape index (κ3) is 3.70. The minimum atomic E-state index is -0.216. The van der Waals surface area contributed by atoms with E-state index in [1.54, 1.807) is 0 Å². The van der Waals surface area contributed by atoms with Crippen LogP contribution in [0.1, 0.15) is 45.4 Å². The maximum absolute atomic E-state index is 11.9. The van der Waals surface area contributed by atoms with Crippen molar-refractivity contribution in [2.45, 2.75) is 45.4 Å². The van der Waals surface area contributed by atoms with Crippen LogP contribution < -0.4 is 0 Å². The number of ketones is 2. The molecule has 4 heteroatoms. The summed E-state index contributed by atoms with van der Waals surface area (Å²) in [5.41, 5.74) is 8.19. The van der Waals surface area contributed by atoms with Gasteiger partial charge in [-0.1, -0.05) is 19.8 Å². The third-order valence-electron chi connectivity index (χ3n) is 3.27. The van der Waals surface area contributed by atoms with Crippen molar-refractivity contribution in [1.82, 2.24) is 0 Å². The van der Waals surface area contributed by atoms with Crippen molar-refractivity contribution in [3.05, 3.63) is 5.53 Å². The lowest BCUT2D eigenvalue weighted by Crippen LogP contribution is -2.20. The molecule has 0 spiro atoms. The van der Waals surface area contributed by atoms with E-state index in [0.717, 1.165) is 31.9 Å². The van der Waals surface area contributed by atoms with Crippen molar-refractivity contribution in [1.29, 1.82) is 0 Å². The van der Waals surface area contributed by atoms with E-state index in [2.05, 4.69) is 4.79 Å². The van der Waals surface area contributed by atoms with Gasteiger partial charge >= 0.3 is 6.21 Å². The van der Waals surface area contributed by atoms with Gasteiger partial charge in [0.25, 0.3) is 0 Å². The number of rotatable bonds is 4. The van der Waals surface area contributed by atoms with E-state index in [9.17, 15) is 9.59 Å². The van der Waals surface area contributed by atoms with Crippen molar-refractivity contribution in [3.8, 4) is 0 Å². The fraction of sp³-hybridized carbons (Fsp3) is 0.750. The Morgan fingerprint density at radius 3 is 2.88 bits per heavy atom. The summed E-state index contributed by atoms with van der Waals surface area (Å²) in [4.78, 5) is 25.8. The zero-order chi connectivity index (χ0) is 12.0. The van der Waals surface area contributed by atoms with Crippen LogP contribution in [-0.4, -0.2) is 22.6 Å². The molecule has 2 unspecified atom stereocenters. The van der Waals surface area contributed by atoms with Gasteiger partial charge in [-0.3, -0.25) is 9.59 Å². The third-order valence-corrected chi connectivity index (χ3v) is 3.27. The first-order valence-corrected chi connectivity index (χ1v) is 5.89. The highest BCUT2D eigenvalue weighted by Gasteiger charge is 2.26. The van der Waals surface area contributed by atoms with Gasteiger partial charge in [0.05, 0.1) is 0 Å². The standard InChI is InChI=1S/C12H18N2O2/c1-9-4-2-3-5-10(12(9)16)6-7-11(15)8-14-13/h8-10H,2-7H2,1H3. The average Bonchev–Trinajstić information content (AvgIpc) is 2.41. The monoisotopic (exact) mass is 222 g/mol. The van der Waals surface area contributed by atoms with Gasteiger partial charge in [-0.2, -0.15) is 4.79 Å². The first-order chi connectivity index (χ1) is 7.65. The summed E-state index contributed by atoms with van der Waals surface area (Å²) in [5, 5.41) is 0. The van der Waals surface area contributed by atoms with Crippen LogP contribution in [-0.2, 0) is 9.59 Å². The lowest BCUT2D eigenvalue weighted by atomic mass is 9.89. The van der Waals surface area contributed by atoms with Crippen molar-refractivity contribution < 1.29 is 14.4 Å². The maximum atomic E-state index is 11.9. The number of carbonyl (C=O) groups excluding carboxylic acids is 2. The molecule has 0 aromatic carbocycles. The molecular formula is C12H18N2O2. The van der Waals surface area contributed by atoms with Crippen molar-refractivity contribution >= 4 is 17.8 Å². The molecule has 88 valence electrons. The van der Waals surface area contributed by atoms with E-state index < -0.39 is 0 Å². The maximum Gasteiger partial charge on any atom is 0.323 e. The average molecular weight is 222 g/mol. The zero-order valence-corrected chi connectivity index (χ0v) is 9.69. The van der Waals surface area contributed by atoms with Crippen LogP contribution in [0.3, 0.4) is 0 Å². The van der Waals surface area contributed by atoms with Crippen LogP contribution in [0, 0.1) is 11.8 Å². The van der Waals surface area contributed by atoms with Crippen molar-refractivity contribution in [2.24, 2.45) is 11.8 Å². The number of Topliss-reactive ketones (excluding diaryl/α,β-unsaturated/α-hetero) is 2. The first kappa shape index (κ1) is 12.8. The Morgan fingerprint density at radius 1 is 1.50 bits per heavy atom. The zero-order valence-electron chi connectivity index (χ0n) is 9.69. The number of hydrogen-bond donors (Lipinski definition) is 0. The minimum absolute atomic E-state index is 0.0218. The highest BCUT2D eigenvalue weighted by molar-refractivity contribution is 6.25. The molecule has 1 rings (SSSR count). The largest absolute Gasteiger partial charge is 0.361 e. The Bertz CT molecular complexity index is 319. The molecule has 0 radical (unpaired) electrons. The fourth-order valence-corrected chi connectivity index (χ4v) is 2.26. The summed E-state index contributed by atoms with van der Waals surface area (Å²) < 4.78 is 0. The topological polar surface area (TPSA) is 70.5 Å².